The monoisotopic (exact) mass is 503 g/mol. The van der Waals surface area contributed by atoms with Crippen molar-refractivity contribution in [2.75, 3.05) is 6.61 Å². The third-order valence-electron chi connectivity index (χ3n) is 7.35. The maximum absolute atomic E-state index is 14.4. The Morgan fingerprint density at radius 2 is 1.82 bits per heavy atom. The Labute approximate surface area is 208 Å². The summed E-state index contributed by atoms with van der Waals surface area (Å²) >= 11 is 12.4. The van der Waals surface area contributed by atoms with E-state index in [1.54, 1.807) is 6.07 Å². The Balaban J connectivity index is 1.67. The van der Waals surface area contributed by atoms with Gasteiger partial charge in [0.2, 0.25) is 5.91 Å². The molecule has 2 fully saturated rings. The molecule has 2 heterocycles. The van der Waals surface area contributed by atoms with Crippen LogP contribution >= 0.6 is 23.2 Å². The van der Waals surface area contributed by atoms with E-state index in [0.29, 0.717) is 23.0 Å². The number of carbonyl (C=O) groups is 1. The van der Waals surface area contributed by atoms with Crippen molar-refractivity contribution in [2.24, 2.45) is 17.6 Å². The molecule has 5 nitrogen and oxygen atoms in total. The summed E-state index contributed by atoms with van der Waals surface area (Å²) in [6.07, 6.45) is 6.48. The Morgan fingerprint density at radius 1 is 1.09 bits per heavy atom. The molecule has 1 aromatic heterocycles. The van der Waals surface area contributed by atoms with Crippen LogP contribution in [0.4, 0.5) is 4.39 Å². The van der Waals surface area contributed by atoms with Gasteiger partial charge in [-0.15, -0.1) is 0 Å². The van der Waals surface area contributed by atoms with Crippen molar-refractivity contribution in [3.05, 3.63) is 52.3 Å². The number of halogens is 3. The Kier molecular flexibility index (Phi) is 6.83. The van der Waals surface area contributed by atoms with Crippen molar-refractivity contribution < 1.29 is 13.9 Å². The summed E-state index contributed by atoms with van der Waals surface area (Å²) in [6, 6.07) is 10.4. The van der Waals surface area contributed by atoms with Gasteiger partial charge >= 0.3 is 0 Å². The van der Waals surface area contributed by atoms with E-state index in [-0.39, 0.29) is 29.0 Å². The Hall–Kier alpha value is -2.15. The number of hydrogen-bond acceptors (Lipinski definition) is 3. The molecular formula is C26H28Cl2FN3O2. The summed E-state index contributed by atoms with van der Waals surface area (Å²) in [5.74, 6) is -0.519. The molecule has 1 amide bonds. The van der Waals surface area contributed by atoms with Crippen molar-refractivity contribution in [3.8, 4) is 11.4 Å². The number of aromatic nitrogens is 2. The fraction of sp³-hybridized carbons (Fsp3) is 0.462. The summed E-state index contributed by atoms with van der Waals surface area (Å²) in [4.78, 5) is 17.6. The van der Waals surface area contributed by atoms with Gasteiger partial charge in [0.1, 0.15) is 11.6 Å². The molecule has 4 atom stereocenters. The van der Waals surface area contributed by atoms with Crippen LogP contribution in [-0.4, -0.2) is 28.2 Å². The number of amides is 1. The van der Waals surface area contributed by atoms with E-state index in [1.165, 1.54) is 6.07 Å². The molecule has 3 aromatic rings. The van der Waals surface area contributed by atoms with E-state index in [0.717, 1.165) is 56.0 Å². The van der Waals surface area contributed by atoms with Crippen LogP contribution in [0, 0.1) is 17.7 Å². The van der Waals surface area contributed by atoms with Gasteiger partial charge in [-0.25, -0.2) is 9.37 Å². The van der Waals surface area contributed by atoms with Gasteiger partial charge in [0.05, 0.1) is 28.1 Å². The number of rotatable bonds is 5. The van der Waals surface area contributed by atoms with E-state index in [1.807, 2.05) is 24.3 Å². The molecule has 5 rings (SSSR count). The molecule has 8 heteroatoms. The molecule has 2 aromatic carbocycles. The highest BCUT2D eigenvalue weighted by molar-refractivity contribution is 6.31. The summed E-state index contributed by atoms with van der Waals surface area (Å²) in [5.41, 5.74) is 8.15. The summed E-state index contributed by atoms with van der Waals surface area (Å²) in [7, 11) is 0. The van der Waals surface area contributed by atoms with Gasteiger partial charge in [0.15, 0.2) is 0 Å². The number of primary amides is 1. The topological polar surface area (TPSA) is 70.1 Å². The molecule has 34 heavy (non-hydrogen) atoms. The van der Waals surface area contributed by atoms with Gasteiger partial charge in [-0.05, 0) is 68.4 Å². The fourth-order valence-electron chi connectivity index (χ4n) is 5.83. The molecule has 1 aliphatic heterocycles. The molecule has 1 aliphatic carbocycles. The van der Waals surface area contributed by atoms with Crippen LogP contribution in [-0.2, 0) is 9.53 Å². The highest BCUT2D eigenvalue weighted by atomic mass is 35.5. The lowest BCUT2D eigenvalue weighted by atomic mass is 9.72. The first-order chi connectivity index (χ1) is 16.4. The molecular weight excluding hydrogens is 476 g/mol. The molecule has 0 bridgehead atoms. The maximum Gasteiger partial charge on any atom is 0.223 e. The number of imidazole rings is 1. The predicted octanol–water partition coefficient (Wildman–Crippen LogP) is 6.55. The van der Waals surface area contributed by atoms with E-state index in [4.69, 9.17) is 38.7 Å². The van der Waals surface area contributed by atoms with Crippen LogP contribution < -0.4 is 5.73 Å². The molecule has 2 aliphatic rings. The van der Waals surface area contributed by atoms with Crippen molar-refractivity contribution in [3.63, 3.8) is 0 Å². The first-order valence-electron chi connectivity index (χ1n) is 12.0. The third-order valence-corrected chi connectivity index (χ3v) is 7.89. The lowest BCUT2D eigenvalue weighted by Crippen LogP contribution is -2.45. The van der Waals surface area contributed by atoms with E-state index in [9.17, 15) is 9.18 Å². The zero-order chi connectivity index (χ0) is 23.8. The van der Waals surface area contributed by atoms with Crippen molar-refractivity contribution in [1.82, 2.24) is 9.55 Å². The zero-order valence-electron chi connectivity index (χ0n) is 18.9. The van der Waals surface area contributed by atoms with Gasteiger partial charge < -0.3 is 15.0 Å². The number of fused-ring (bicyclic) bond motifs is 1. The van der Waals surface area contributed by atoms with Crippen LogP contribution in [0.5, 0.6) is 0 Å². The van der Waals surface area contributed by atoms with Crippen LogP contribution in [0.15, 0.2) is 36.4 Å². The third kappa shape index (κ3) is 4.43. The van der Waals surface area contributed by atoms with Gasteiger partial charge in [0, 0.05) is 29.3 Å². The highest BCUT2D eigenvalue weighted by Gasteiger charge is 2.42. The summed E-state index contributed by atoms with van der Waals surface area (Å²) < 4.78 is 22.6. The molecule has 1 saturated heterocycles. The fourth-order valence-corrected chi connectivity index (χ4v) is 6.11. The van der Waals surface area contributed by atoms with Crippen LogP contribution in [0.1, 0.15) is 51.0 Å². The lowest BCUT2D eigenvalue weighted by Gasteiger charge is -2.41. The minimum Gasteiger partial charge on any atom is -0.377 e. The maximum atomic E-state index is 14.4. The van der Waals surface area contributed by atoms with Crippen molar-refractivity contribution in [2.45, 2.75) is 57.1 Å². The average molecular weight is 504 g/mol. The van der Waals surface area contributed by atoms with Crippen LogP contribution in [0.2, 0.25) is 10.0 Å². The average Bonchev–Trinajstić information content (AvgIpc) is 3.18. The number of ether oxygens (including phenoxy) is 1. The Bertz CT molecular complexity index is 1190. The largest absolute Gasteiger partial charge is 0.377 e. The van der Waals surface area contributed by atoms with Gasteiger partial charge in [0.25, 0.3) is 0 Å². The quantitative estimate of drug-likeness (QED) is 0.428. The second-order valence-electron chi connectivity index (χ2n) is 9.42. The second-order valence-corrected chi connectivity index (χ2v) is 10.3. The van der Waals surface area contributed by atoms with Crippen molar-refractivity contribution >= 4 is 40.1 Å². The van der Waals surface area contributed by atoms with E-state index >= 15 is 0 Å². The Morgan fingerprint density at radius 3 is 2.53 bits per heavy atom. The van der Waals surface area contributed by atoms with Crippen LogP contribution in [0.3, 0.4) is 0 Å². The number of nitrogens with zero attached hydrogens (tertiary/aromatic N) is 2. The molecule has 1 saturated carbocycles. The standard InChI is InChI=1S/C26H28Cl2FN3O2/c27-16-10-8-15(9-11-16)26-31-20-14-19(29)18(28)13-22(20)32(26)21-6-2-1-5-17(21)24(25(30)33)23-7-3-4-12-34-23/h8-11,13-14,17,21,23-24H,1-7,12H2,(H2,30,33). The predicted molar refractivity (Wildman–Crippen MR) is 132 cm³/mol. The van der Waals surface area contributed by atoms with E-state index < -0.39 is 11.7 Å². The first-order valence-corrected chi connectivity index (χ1v) is 12.7. The normalized spacial score (nSPS) is 24.3. The zero-order valence-corrected chi connectivity index (χ0v) is 20.4. The van der Waals surface area contributed by atoms with Gasteiger partial charge in [-0.2, -0.15) is 0 Å². The molecule has 0 radical (unpaired) electrons. The minimum atomic E-state index is -0.507. The van der Waals surface area contributed by atoms with Gasteiger partial charge in [-0.3, -0.25) is 4.79 Å². The van der Waals surface area contributed by atoms with Crippen LogP contribution in [0.25, 0.3) is 22.4 Å². The smallest absolute Gasteiger partial charge is 0.223 e. The molecule has 0 spiro atoms. The molecule has 180 valence electrons. The second kappa shape index (κ2) is 9.84. The number of hydrogen-bond donors (Lipinski definition) is 1. The number of carbonyl (C=O) groups excluding carboxylic acids is 1. The van der Waals surface area contributed by atoms with Gasteiger partial charge in [-0.1, -0.05) is 36.0 Å². The highest BCUT2D eigenvalue weighted by Crippen LogP contribution is 2.45. The number of benzene rings is 2. The molecule has 2 N–H and O–H groups in total. The molecule has 4 unspecified atom stereocenters. The lowest BCUT2D eigenvalue weighted by molar-refractivity contribution is -0.134. The first kappa shape index (κ1) is 23.6. The minimum absolute atomic E-state index is 0.0124. The van der Waals surface area contributed by atoms with Crippen molar-refractivity contribution in [1.29, 1.82) is 0 Å². The summed E-state index contributed by atoms with van der Waals surface area (Å²) in [5, 5.41) is 0.671. The number of nitrogens with two attached hydrogens (primary N) is 1. The van der Waals surface area contributed by atoms with E-state index in [2.05, 4.69) is 4.57 Å². The SMILES string of the molecule is NC(=O)C(C1CCCCO1)C1CCCCC1n1c(-c2ccc(Cl)cc2)nc2cc(F)c(Cl)cc21. The summed E-state index contributed by atoms with van der Waals surface area (Å²) in [6.45, 7) is 0.657.